The smallest absolute Gasteiger partial charge is 0.242 e. The summed E-state index contributed by atoms with van der Waals surface area (Å²) in [5, 5.41) is 11.0. The van der Waals surface area contributed by atoms with E-state index in [4.69, 9.17) is 0 Å². The third kappa shape index (κ3) is 4.12. The van der Waals surface area contributed by atoms with E-state index in [1.165, 1.54) is 12.1 Å². The topological polar surface area (TPSA) is 72.7 Å². The molecule has 4 rings (SSSR count). The molecule has 0 aliphatic carbocycles. The zero-order chi connectivity index (χ0) is 19.3. The molecule has 28 heavy (non-hydrogen) atoms. The van der Waals surface area contributed by atoms with Crippen LogP contribution in [0.1, 0.15) is 5.69 Å². The molecule has 0 spiro atoms. The highest BCUT2D eigenvalue weighted by Crippen LogP contribution is 2.22. The molecule has 0 bridgehead atoms. The van der Waals surface area contributed by atoms with E-state index >= 15 is 0 Å². The van der Waals surface area contributed by atoms with Gasteiger partial charge in [-0.1, -0.05) is 12.1 Å². The SMILES string of the molecule is O=C(Cn1cc(-c2ccc(F)cc2)cn1)NCc1nccnc1-c1ccsc1. The fourth-order valence-electron chi connectivity index (χ4n) is 2.76. The van der Waals surface area contributed by atoms with E-state index in [-0.39, 0.29) is 24.8 Å². The third-order valence-corrected chi connectivity index (χ3v) is 4.82. The fraction of sp³-hybridized carbons (Fsp3) is 0.100. The largest absolute Gasteiger partial charge is 0.349 e. The van der Waals surface area contributed by atoms with Gasteiger partial charge >= 0.3 is 0 Å². The van der Waals surface area contributed by atoms with Crippen LogP contribution in [-0.4, -0.2) is 25.7 Å². The molecule has 0 unspecified atom stereocenters. The minimum absolute atomic E-state index is 0.0786. The second-order valence-corrected chi connectivity index (χ2v) is 6.85. The van der Waals surface area contributed by atoms with Crippen molar-refractivity contribution in [3.8, 4) is 22.4 Å². The van der Waals surface area contributed by atoms with Gasteiger partial charge in [0.1, 0.15) is 12.4 Å². The minimum Gasteiger partial charge on any atom is -0.349 e. The fourth-order valence-corrected chi connectivity index (χ4v) is 3.40. The standard InChI is InChI=1S/C20H16FN5OS/c21-17-3-1-14(2-4-17)16-9-25-26(11-16)12-19(27)24-10-18-20(23-7-6-22-18)15-5-8-28-13-15/h1-9,11,13H,10,12H2,(H,24,27). The number of nitrogens with zero attached hydrogens (tertiary/aromatic N) is 4. The third-order valence-electron chi connectivity index (χ3n) is 4.14. The molecular weight excluding hydrogens is 377 g/mol. The lowest BCUT2D eigenvalue weighted by molar-refractivity contribution is -0.122. The van der Waals surface area contributed by atoms with Gasteiger partial charge in [0.15, 0.2) is 0 Å². The lowest BCUT2D eigenvalue weighted by Gasteiger charge is -2.08. The number of thiophene rings is 1. The molecule has 1 amide bonds. The Kier molecular flexibility index (Phi) is 5.20. The number of benzene rings is 1. The zero-order valence-electron chi connectivity index (χ0n) is 14.7. The molecule has 0 radical (unpaired) electrons. The summed E-state index contributed by atoms with van der Waals surface area (Å²) in [5.41, 5.74) is 4.12. The normalized spacial score (nSPS) is 10.8. The summed E-state index contributed by atoms with van der Waals surface area (Å²) >= 11 is 1.58. The Bertz CT molecular complexity index is 1080. The first-order chi connectivity index (χ1) is 13.7. The summed E-state index contributed by atoms with van der Waals surface area (Å²) in [4.78, 5) is 21.0. The van der Waals surface area contributed by atoms with Gasteiger partial charge in [-0.3, -0.25) is 19.4 Å². The van der Waals surface area contributed by atoms with Crippen LogP contribution < -0.4 is 5.32 Å². The first-order valence-corrected chi connectivity index (χ1v) is 9.51. The maximum Gasteiger partial charge on any atom is 0.242 e. The molecule has 6 nitrogen and oxygen atoms in total. The highest BCUT2D eigenvalue weighted by atomic mass is 32.1. The van der Waals surface area contributed by atoms with Crippen LogP contribution in [0.25, 0.3) is 22.4 Å². The highest BCUT2D eigenvalue weighted by molar-refractivity contribution is 7.08. The van der Waals surface area contributed by atoms with Gasteiger partial charge in [-0.15, -0.1) is 0 Å². The van der Waals surface area contributed by atoms with Gasteiger partial charge in [-0.25, -0.2) is 4.39 Å². The van der Waals surface area contributed by atoms with Gasteiger partial charge in [-0.2, -0.15) is 16.4 Å². The number of carbonyl (C=O) groups is 1. The van der Waals surface area contributed by atoms with Crippen LogP contribution in [0.15, 0.2) is 65.9 Å². The Morgan fingerprint density at radius 1 is 1.07 bits per heavy atom. The van der Waals surface area contributed by atoms with Gasteiger partial charge in [0.2, 0.25) is 5.91 Å². The lowest BCUT2D eigenvalue weighted by Crippen LogP contribution is -2.28. The van der Waals surface area contributed by atoms with Crippen molar-refractivity contribution in [1.29, 1.82) is 0 Å². The number of amides is 1. The molecule has 0 aliphatic rings. The predicted molar refractivity (Wildman–Crippen MR) is 105 cm³/mol. The Balaban J connectivity index is 1.39. The van der Waals surface area contributed by atoms with Gasteiger partial charge in [-0.05, 0) is 29.1 Å². The lowest BCUT2D eigenvalue weighted by atomic mass is 10.1. The molecule has 0 saturated heterocycles. The van der Waals surface area contributed by atoms with Gasteiger partial charge in [0.05, 0.1) is 24.1 Å². The van der Waals surface area contributed by atoms with Crippen molar-refractivity contribution in [1.82, 2.24) is 25.1 Å². The van der Waals surface area contributed by atoms with Crippen molar-refractivity contribution in [2.45, 2.75) is 13.1 Å². The molecule has 0 atom stereocenters. The first-order valence-electron chi connectivity index (χ1n) is 8.56. The maximum atomic E-state index is 13.0. The van der Waals surface area contributed by atoms with Crippen molar-refractivity contribution in [3.63, 3.8) is 0 Å². The molecule has 140 valence electrons. The second-order valence-electron chi connectivity index (χ2n) is 6.07. The molecule has 8 heteroatoms. The van der Waals surface area contributed by atoms with E-state index < -0.39 is 0 Å². The van der Waals surface area contributed by atoms with E-state index in [0.29, 0.717) is 5.69 Å². The van der Waals surface area contributed by atoms with Gasteiger partial charge < -0.3 is 5.32 Å². The number of hydrogen-bond acceptors (Lipinski definition) is 5. The van der Waals surface area contributed by atoms with E-state index in [2.05, 4.69) is 20.4 Å². The Morgan fingerprint density at radius 3 is 2.68 bits per heavy atom. The number of carbonyl (C=O) groups excluding carboxylic acids is 1. The van der Waals surface area contributed by atoms with Crippen LogP contribution in [0.4, 0.5) is 4.39 Å². The van der Waals surface area contributed by atoms with Crippen LogP contribution in [0.3, 0.4) is 0 Å². The van der Waals surface area contributed by atoms with Crippen molar-refractivity contribution < 1.29 is 9.18 Å². The van der Waals surface area contributed by atoms with E-state index in [1.807, 2.05) is 16.8 Å². The van der Waals surface area contributed by atoms with E-state index in [0.717, 1.165) is 22.4 Å². The number of rotatable bonds is 6. The van der Waals surface area contributed by atoms with Gasteiger partial charge in [0.25, 0.3) is 0 Å². The van der Waals surface area contributed by atoms with Crippen LogP contribution >= 0.6 is 11.3 Å². The molecule has 4 aromatic rings. The Hall–Kier alpha value is -3.39. The predicted octanol–water partition coefficient (Wildman–Crippen LogP) is 3.52. The molecule has 1 N–H and O–H groups in total. The van der Waals surface area contributed by atoms with Crippen LogP contribution in [0, 0.1) is 5.82 Å². The Labute approximate surface area is 164 Å². The summed E-state index contributed by atoms with van der Waals surface area (Å²) in [5.74, 6) is -0.475. The number of hydrogen-bond donors (Lipinski definition) is 1. The summed E-state index contributed by atoms with van der Waals surface area (Å²) in [7, 11) is 0. The number of halogens is 1. The highest BCUT2D eigenvalue weighted by Gasteiger charge is 2.11. The molecule has 0 saturated carbocycles. The average molecular weight is 393 g/mol. The molecule has 0 aliphatic heterocycles. The molecule has 0 fully saturated rings. The minimum atomic E-state index is -0.290. The molecule has 1 aromatic carbocycles. The summed E-state index contributed by atoms with van der Waals surface area (Å²) < 4.78 is 14.6. The average Bonchev–Trinajstić information content (AvgIpc) is 3.39. The number of aromatic nitrogens is 4. The number of nitrogens with one attached hydrogen (secondary N) is 1. The van der Waals surface area contributed by atoms with Crippen molar-refractivity contribution >= 4 is 17.2 Å². The summed E-state index contributed by atoms with van der Waals surface area (Å²) in [6.07, 6.45) is 6.66. The van der Waals surface area contributed by atoms with E-state index in [1.54, 1.807) is 52.9 Å². The zero-order valence-corrected chi connectivity index (χ0v) is 15.6. The van der Waals surface area contributed by atoms with Crippen molar-refractivity contribution in [3.05, 3.63) is 77.4 Å². The van der Waals surface area contributed by atoms with Crippen LogP contribution in [0.5, 0.6) is 0 Å². The maximum absolute atomic E-state index is 13.0. The molecule has 3 aromatic heterocycles. The van der Waals surface area contributed by atoms with Gasteiger partial charge in [0, 0.05) is 35.1 Å². The van der Waals surface area contributed by atoms with Crippen molar-refractivity contribution in [2.75, 3.05) is 0 Å². The molecule has 3 heterocycles. The summed E-state index contributed by atoms with van der Waals surface area (Å²) in [6, 6.07) is 8.12. The monoisotopic (exact) mass is 393 g/mol. The Morgan fingerprint density at radius 2 is 1.89 bits per heavy atom. The summed E-state index contributed by atoms with van der Waals surface area (Å²) in [6.45, 7) is 0.360. The van der Waals surface area contributed by atoms with Crippen LogP contribution in [-0.2, 0) is 17.9 Å². The molecular formula is C20H16FN5OS. The van der Waals surface area contributed by atoms with E-state index in [9.17, 15) is 9.18 Å². The van der Waals surface area contributed by atoms with Crippen molar-refractivity contribution in [2.24, 2.45) is 0 Å². The van der Waals surface area contributed by atoms with Crippen LogP contribution in [0.2, 0.25) is 0 Å². The first kappa shape index (κ1) is 18.0. The quantitative estimate of drug-likeness (QED) is 0.544. The second kappa shape index (κ2) is 8.10.